The van der Waals surface area contributed by atoms with Crippen molar-refractivity contribution in [3.63, 3.8) is 0 Å². The van der Waals surface area contributed by atoms with Crippen molar-refractivity contribution >= 4 is 48.9 Å². The number of amides is 2. The molecule has 1 aliphatic heterocycles. The monoisotopic (exact) mass is 774 g/mol. The van der Waals surface area contributed by atoms with Crippen molar-refractivity contribution in [3.8, 4) is 5.88 Å². The molecule has 3 rings (SSSR count). The maximum atomic E-state index is 15.9. The highest BCUT2D eigenvalue weighted by Crippen LogP contribution is 2.52. The maximum absolute atomic E-state index is 15.9. The van der Waals surface area contributed by atoms with Crippen molar-refractivity contribution in [2.45, 2.75) is 89.3 Å². The van der Waals surface area contributed by atoms with Crippen LogP contribution in [0, 0.1) is 11.9 Å². The molecule has 0 N–H and O–H groups in total. The Labute approximate surface area is 306 Å². The Morgan fingerprint density at radius 3 is 2.25 bits per heavy atom. The highest BCUT2D eigenvalue weighted by Gasteiger charge is 2.56. The van der Waals surface area contributed by atoms with Crippen LogP contribution in [-0.4, -0.2) is 101 Å². The van der Waals surface area contributed by atoms with Crippen LogP contribution in [0.3, 0.4) is 0 Å². The summed E-state index contributed by atoms with van der Waals surface area (Å²) in [5.74, 6) is -3.41. The van der Waals surface area contributed by atoms with Gasteiger partial charge in [0.1, 0.15) is 22.8 Å². The van der Waals surface area contributed by atoms with Gasteiger partial charge in [-0.25, -0.2) is 29.0 Å². The quantitative estimate of drug-likeness (QED) is 0.0742. The second kappa shape index (κ2) is 16.2. The topological polar surface area (TPSA) is 119 Å². The molecule has 11 nitrogen and oxygen atoms in total. The molecule has 0 spiro atoms. The summed E-state index contributed by atoms with van der Waals surface area (Å²) in [4.78, 5) is 46.4. The van der Waals surface area contributed by atoms with Crippen molar-refractivity contribution in [3.05, 3.63) is 47.4 Å². The number of carbonyl (C=O) groups excluding carboxylic acids is 2. The van der Waals surface area contributed by atoms with Crippen LogP contribution in [0.1, 0.15) is 58.4 Å². The van der Waals surface area contributed by atoms with E-state index in [2.05, 4.69) is 39.3 Å². The van der Waals surface area contributed by atoms with Gasteiger partial charge in [-0.3, -0.25) is 9.79 Å². The third-order valence-electron chi connectivity index (χ3n) is 8.15. The fourth-order valence-corrected chi connectivity index (χ4v) is 7.32. The van der Waals surface area contributed by atoms with E-state index in [9.17, 15) is 22.8 Å². The zero-order chi connectivity index (χ0) is 39.4. The lowest BCUT2D eigenvalue weighted by molar-refractivity contribution is -0.154. The summed E-state index contributed by atoms with van der Waals surface area (Å²) in [6.07, 6.45) is -1.57. The van der Waals surface area contributed by atoms with Crippen LogP contribution < -0.4 is 4.74 Å². The van der Waals surface area contributed by atoms with E-state index in [-0.39, 0.29) is 34.6 Å². The van der Waals surface area contributed by atoms with Crippen LogP contribution in [0.15, 0.2) is 29.6 Å². The van der Waals surface area contributed by atoms with Crippen LogP contribution in [0.2, 0.25) is 25.7 Å². The summed E-state index contributed by atoms with van der Waals surface area (Å²) in [5.41, 5.74) is -2.80. The average Bonchev–Trinajstić information content (AvgIpc) is 3.01. The number of carbonyl (C=O) groups is 2. The summed E-state index contributed by atoms with van der Waals surface area (Å²) >= 11 is 1.04. The van der Waals surface area contributed by atoms with Gasteiger partial charge in [-0.2, -0.15) is 17.6 Å². The molecule has 18 heteroatoms. The Hall–Kier alpha value is -3.64. The molecule has 1 unspecified atom stereocenters. The number of nitrogens with zero attached hydrogens (tertiary/aromatic N) is 6. The van der Waals surface area contributed by atoms with Crippen LogP contribution in [-0.2, 0) is 19.8 Å². The number of rotatable bonds is 11. The van der Waals surface area contributed by atoms with Gasteiger partial charge in [0.25, 0.3) is 0 Å². The minimum atomic E-state index is -4.60. The third-order valence-corrected chi connectivity index (χ3v) is 11.3. The van der Waals surface area contributed by atoms with Crippen molar-refractivity contribution in [1.82, 2.24) is 24.8 Å². The van der Waals surface area contributed by atoms with E-state index >= 15 is 8.78 Å². The number of hydrogen-bond donors (Lipinski definition) is 0. The largest absolute Gasteiger partial charge is 0.467 e. The van der Waals surface area contributed by atoms with E-state index in [1.54, 1.807) is 55.6 Å². The fraction of sp³-hybridized carbons (Fsp3) is 0.588. The molecule has 3 atom stereocenters. The molecule has 0 bridgehead atoms. The molecule has 0 aliphatic carbocycles. The highest BCUT2D eigenvalue weighted by atomic mass is 32.2. The lowest BCUT2D eigenvalue weighted by atomic mass is 9.73. The van der Waals surface area contributed by atoms with Crippen molar-refractivity contribution < 1.29 is 45.8 Å². The van der Waals surface area contributed by atoms with E-state index in [1.165, 1.54) is 15.9 Å². The number of aromatic nitrogens is 3. The molecule has 0 saturated carbocycles. The SMILES string of the molecule is CC1[C@@](C)(C(=O)N(C)C)SC(N(COCC[Si](C)(C)C)C(=O)OC(C)(C)C)=N[C@]1(C)c1cc(/C=C(\F)c2cnc(OCC(F)(F)F)cn2)cnc1F. The third kappa shape index (κ3) is 11.2. The summed E-state index contributed by atoms with van der Waals surface area (Å²) < 4.78 is 83.6. The smallest absolute Gasteiger partial charge is 0.422 e. The van der Waals surface area contributed by atoms with Gasteiger partial charge in [0.05, 0.1) is 17.9 Å². The second-order valence-electron chi connectivity index (χ2n) is 15.2. The zero-order valence-corrected chi connectivity index (χ0v) is 33.1. The number of halogens is 5. The molecule has 2 amide bonds. The van der Waals surface area contributed by atoms with E-state index in [1.807, 2.05) is 0 Å². The Morgan fingerprint density at radius 2 is 1.71 bits per heavy atom. The predicted molar refractivity (Wildman–Crippen MR) is 192 cm³/mol. The van der Waals surface area contributed by atoms with Crippen LogP contribution in [0.25, 0.3) is 11.9 Å². The van der Waals surface area contributed by atoms with Gasteiger partial charge < -0.3 is 19.1 Å². The highest BCUT2D eigenvalue weighted by molar-refractivity contribution is 8.15. The van der Waals surface area contributed by atoms with Gasteiger partial charge in [0, 0.05) is 46.5 Å². The standard InChI is InChI=1S/C34H47F5N6O5SSi/c1-21-32(5,23-14-22(16-42-27(23)36)15-24(35)25-17-41-26(18-40-25)49-19-34(37,38)39)43-29(51-33(21,6)28(46)44(7)8)45(30(47)50-31(2,3)4)20-48-12-13-52(9,10)11/h14-18,21H,12-13,19-20H2,1-11H3/b24-15-/t21?,32-,33-/m0/s1. The Bertz CT molecular complexity index is 1670. The lowest BCUT2D eigenvalue weighted by Crippen LogP contribution is -2.57. The summed E-state index contributed by atoms with van der Waals surface area (Å²) in [6.45, 7) is 15.2. The van der Waals surface area contributed by atoms with E-state index in [0.717, 1.165) is 42.5 Å². The molecule has 52 heavy (non-hydrogen) atoms. The van der Waals surface area contributed by atoms with Gasteiger partial charge >= 0.3 is 12.3 Å². The fourth-order valence-electron chi connectivity index (χ4n) is 5.04. The number of thioether (sulfide) groups is 1. The van der Waals surface area contributed by atoms with E-state index < -0.39 is 66.4 Å². The van der Waals surface area contributed by atoms with Crippen LogP contribution in [0.5, 0.6) is 5.88 Å². The normalized spacial score (nSPS) is 21.3. The summed E-state index contributed by atoms with van der Waals surface area (Å²) in [6, 6.07) is 2.14. The van der Waals surface area contributed by atoms with Gasteiger partial charge in [-0.1, -0.05) is 38.3 Å². The molecular formula is C34H47F5N6O5SSi. The Morgan fingerprint density at radius 1 is 1.06 bits per heavy atom. The summed E-state index contributed by atoms with van der Waals surface area (Å²) in [5, 5.41) is 0.0511. The first-order valence-electron chi connectivity index (χ1n) is 16.4. The first-order chi connectivity index (χ1) is 23.8. The molecule has 0 saturated heterocycles. The Balaban J connectivity index is 2.13. The number of ether oxygens (including phenoxy) is 3. The van der Waals surface area contributed by atoms with Crippen LogP contribution in [0.4, 0.5) is 26.7 Å². The Kier molecular flexibility index (Phi) is 13.3. The van der Waals surface area contributed by atoms with Gasteiger partial charge in [0.2, 0.25) is 17.7 Å². The number of amidine groups is 1. The van der Waals surface area contributed by atoms with E-state index in [0.29, 0.717) is 6.61 Å². The van der Waals surface area contributed by atoms with Gasteiger partial charge in [-0.05, 0) is 58.4 Å². The first kappa shape index (κ1) is 42.8. The van der Waals surface area contributed by atoms with Crippen molar-refractivity contribution in [1.29, 1.82) is 0 Å². The maximum Gasteiger partial charge on any atom is 0.422 e. The molecule has 0 radical (unpaired) electrons. The van der Waals surface area contributed by atoms with E-state index in [4.69, 9.17) is 14.5 Å². The minimum Gasteiger partial charge on any atom is -0.467 e. The molecule has 0 fully saturated rings. The average molecular weight is 775 g/mol. The minimum absolute atomic E-state index is 0.0511. The van der Waals surface area contributed by atoms with Crippen molar-refractivity contribution in [2.75, 3.05) is 34.0 Å². The van der Waals surface area contributed by atoms with Gasteiger partial charge in [-0.15, -0.1) is 0 Å². The predicted octanol–water partition coefficient (Wildman–Crippen LogP) is 7.77. The van der Waals surface area contributed by atoms with Gasteiger partial charge in [0.15, 0.2) is 17.6 Å². The molecule has 1 aliphatic rings. The molecule has 2 aromatic heterocycles. The first-order valence-corrected chi connectivity index (χ1v) is 20.9. The van der Waals surface area contributed by atoms with Crippen molar-refractivity contribution in [2.24, 2.45) is 10.9 Å². The number of hydrogen-bond acceptors (Lipinski definition) is 10. The molecule has 2 aromatic rings. The molecule has 0 aromatic carbocycles. The summed E-state index contributed by atoms with van der Waals surface area (Å²) in [7, 11) is 1.68. The second-order valence-corrected chi connectivity index (χ2v) is 22.2. The zero-order valence-electron chi connectivity index (χ0n) is 31.3. The van der Waals surface area contributed by atoms with Crippen LogP contribution >= 0.6 is 11.8 Å². The molecule has 3 heterocycles. The molecular weight excluding hydrogens is 728 g/mol. The number of pyridine rings is 1. The number of aliphatic imine (C=N–C) groups is 1. The number of alkyl halides is 3. The molecule has 288 valence electrons. The lowest BCUT2D eigenvalue weighted by Gasteiger charge is -2.48.